The fraction of sp³-hybridized carbons (Fsp3) is 0.571. The lowest BCUT2D eigenvalue weighted by atomic mass is 10.1. The summed E-state index contributed by atoms with van der Waals surface area (Å²) in [4.78, 5) is 24.0. The van der Waals surface area contributed by atoms with E-state index in [2.05, 4.69) is 11.0 Å². The van der Waals surface area contributed by atoms with Crippen LogP contribution in [0.3, 0.4) is 0 Å². The molecule has 0 aliphatic carbocycles. The summed E-state index contributed by atoms with van der Waals surface area (Å²) in [5.74, 6) is 2.40. The van der Waals surface area contributed by atoms with E-state index in [-0.39, 0.29) is 11.7 Å². The Morgan fingerprint density at radius 3 is 2.86 bits per heavy atom. The monoisotopic (exact) mass is 306 g/mol. The molecular weight excluding hydrogens is 288 g/mol. The third kappa shape index (κ3) is 3.19. The van der Waals surface area contributed by atoms with Gasteiger partial charge in [-0.3, -0.25) is 14.8 Å². The van der Waals surface area contributed by atoms with Gasteiger partial charge < -0.3 is 9.64 Å². The van der Waals surface area contributed by atoms with Gasteiger partial charge in [-0.15, -0.1) is 6.42 Å². The first-order valence-electron chi connectivity index (χ1n) is 6.89. The number of carbonyl (C=O) groups is 1. The Bertz CT molecular complexity index is 644. The van der Waals surface area contributed by atoms with Crippen LogP contribution in [-0.4, -0.2) is 44.4 Å². The second-order valence-corrected chi connectivity index (χ2v) is 5.75. The van der Waals surface area contributed by atoms with Crippen molar-refractivity contribution in [3.63, 3.8) is 0 Å². The first kappa shape index (κ1) is 15.8. The molecule has 1 atom stereocenters. The fourth-order valence-corrected chi connectivity index (χ4v) is 2.27. The molecule has 1 aliphatic heterocycles. The van der Waals surface area contributed by atoms with Crippen molar-refractivity contribution in [2.75, 3.05) is 13.1 Å². The van der Waals surface area contributed by atoms with Crippen molar-refractivity contribution in [2.24, 2.45) is 0 Å². The van der Waals surface area contributed by atoms with E-state index in [1.807, 2.05) is 0 Å². The number of rotatable bonds is 3. The van der Waals surface area contributed by atoms with Crippen LogP contribution in [0.5, 0.6) is 0 Å². The van der Waals surface area contributed by atoms with Crippen molar-refractivity contribution in [3.05, 3.63) is 22.0 Å². The molecule has 1 aromatic rings. The molecule has 8 nitrogen and oxygen atoms in total. The molecule has 0 saturated carbocycles. The van der Waals surface area contributed by atoms with Gasteiger partial charge in [-0.1, -0.05) is 5.92 Å². The molecule has 1 aliphatic rings. The number of amides is 1. The summed E-state index contributed by atoms with van der Waals surface area (Å²) in [5, 5.41) is 15.0. The van der Waals surface area contributed by atoms with Crippen LogP contribution in [0.15, 0.2) is 6.20 Å². The zero-order chi connectivity index (χ0) is 16.5. The average Bonchev–Trinajstić information content (AvgIpc) is 3.04. The molecule has 1 unspecified atom stereocenters. The number of nitro groups is 1. The Balaban J connectivity index is 2.04. The second-order valence-electron chi connectivity index (χ2n) is 5.75. The van der Waals surface area contributed by atoms with Crippen molar-refractivity contribution < 1.29 is 14.5 Å². The molecular formula is C14H18N4O4. The van der Waals surface area contributed by atoms with E-state index in [1.54, 1.807) is 25.5 Å². The minimum absolute atomic E-state index is 0.0190. The summed E-state index contributed by atoms with van der Waals surface area (Å²) in [5.41, 5.74) is -0.620. The Morgan fingerprint density at radius 2 is 2.32 bits per heavy atom. The van der Waals surface area contributed by atoms with E-state index in [0.29, 0.717) is 25.2 Å². The lowest BCUT2D eigenvalue weighted by molar-refractivity contribution is -0.385. The van der Waals surface area contributed by atoms with E-state index in [1.165, 1.54) is 11.1 Å². The molecule has 1 amide bonds. The molecule has 0 radical (unpaired) electrons. The highest BCUT2D eigenvalue weighted by Gasteiger charge is 2.32. The van der Waals surface area contributed by atoms with Crippen molar-refractivity contribution in [1.29, 1.82) is 0 Å². The highest BCUT2D eigenvalue weighted by Crippen LogP contribution is 2.26. The van der Waals surface area contributed by atoms with Crippen LogP contribution >= 0.6 is 0 Å². The van der Waals surface area contributed by atoms with E-state index < -0.39 is 16.6 Å². The summed E-state index contributed by atoms with van der Waals surface area (Å²) in [7, 11) is 0. The fourth-order valence-electron chi connectivity index (χ4n) is 2.27. The van der Waals surface area contributed by atoms with Crippen LogP contribution in [0.2, 0.25) is 0 Å². The number of aryl methyl sites for hydroxylation is 1. The van der Waals surface area contributed by atoms with E-state index in [0.717, 1.165) is 0 Å². The molecule has 2 heterocycles. The summed E-state index contributed by atoms with van der Waals surface area (Å²) in [6.07, 6.45) is 6.87. The maximum atomic E-state index is 12.0. The summed E-state index contributed by atoms with van der Waals surface area (Å²) < 4.78 is 6.78. The van der Waals surface area contributed by atoms with Crippen molar-refractivity contribution in [2.45, 2.75) is 38.8 Å². The molecule has 1 saturated heterocycles. The lowest BCUT2D eigenvalue weighted by Gasteiger charge is -2.23. The van der Waals surface area contributed by atoms with Crippen molar-refractivity contribution >= 4 is 11.8 Å². The molecule has 2 rings (SSSR count). The summed E-state index contributed by atoms with van der Waals surface area (Å²) in [6.45, 7) is 5.75. The molecule has 0 N–H and O–H groups in total. The number of ether oxygens (including phenoxy) is 1. The van der Waals surface area contributed by atoms with Crippen LogP contribution in [0.4, 0.5) is 10.5 Å². The molecule has 118 valence electrons. The zero-order valence-electron chi connectivity index (χ0n) is 12.8. The van der Waals surface area contributed by atoms with Gasteiger partial charge in [0, 0.05) is 13.1 Å². The predicted octanol–water partition coefficient (Wildman–Crippen LogP) is 1.89. The first-order chi connectivity index (χ1) is 10.2. The van der Waals surface area contributed by atoms with E-state index >= 15 is 0 Å². The molecule has 8 heteroatoms. The maximum Gasteiger partial charge on any atom is 0.411 e. The Kier molecular flexibility index (Phi) is 4.08. The Morgan fingerprint density at radius 1 is 1.64 bits per heavy atom. The summed E-state index contributed by atoms with van der Waals surface area (Å²) >= 11 is 0. The quantitative estimate of drug-likeness (QED) is 0.483. The van der Waals surface area contributed by atoms with Crippen LogP contribution in [0, 0.1) is 29.4 Å². The topological polar surface area (TPSA) is 90.5 Å². The van der Waals surface area contributed by atoms with Crippen molar-refractivity contribution in [3.8, 4) is 12.3 Å². The molecule has 1 fully saturated rings. The highest BCUT2D eigenvalue weighted by molar-refractivity contribution is 5.69. The van der Waals surface area contributed by atoms with Gasteiger partial charge >= 0.3 is 11.8 Å². The van der Waals surface area contributed by atoms with E-state index in [9.17, 15) is 14.9 Å². The molecule has 1 aromatic heterocycles. The minimum atomic E-state index is -0.962. The highest BCUT2D eigenvalue weighted by atomic mass is 16.6. The third-order valence-electron chi connectivity index (χ3n) is 3.57. The van der Waals surface area contributed by atoms with Gasteiger partial charge in [-0.05, 0) is 27.2 Å². The Labute approximate surface area is 128 Å². The lowest BCUT2D eigenvalue weighted by Crippen LogP contribution is -2.36. The van der Waals surface area contributed by atoms with Gasteiger partial charge in [-0.2, -0.15) is 5.10 Å². The van der Waals surface area contributed by atoms with E-state index in [4.69, 9.17) is 11.2 Å². The first-order valence-corrected chi connectivity index (χ1v) is 6.89. The number of hydrogen-bond donors (Lipinski definition) is 0. The number of aromatic nitrogens is 2. The second kappa shape index (κ2) is 5.67. The molecule has 22 heavy (non-hydrogen) atoms. The third-order valence-corrected chi connectivity index (χ3v) is 3.57. The number of hydrogen-bond acceptors (Lipinski definition) is 5. The maximum absolute atomic E-state index is 12.0. The SMILES string of the molecule is C#CC(C)(C)OC(=O)N1CCC(n2cc([N+](=O)[O-])c(C)n2)C1. The number of likely N-dealkylation sites (tertiary alicyclic amines) is 1. The van der Waals surface area contributed by atoms with Crippen LogP contribution in [0.25, 0.3) is 0 Å². The van der Waals surface area contributed by atoms with Crippen LogP contribution in [-0.2, 0) is 4.74 Å². The Hall–Kier alpha value is -2.56. The summed E-state index contributed by atoms with van der Waals surface area (Å²) in [6, 6.07) is -0.103. The normalized spacial score (nSPS) is 18.1. The van der Waals surface area contributed by atoms with Crippen LogP contribution in [0.1, 0.15) is 32.0 Å². The number of carbonyl (C=O) groups excluding carboxylic acids is 1. The van der Waals surface area contributed by atoms with Gasteiger partial charge in [0.05, 0.1) is 11.0 Å². The zero-order valence-corrected chi connectivity index (χ0v) is 12.8. The predicted molar refractivity (Wildman–Crippen MR) is 78.2 cm³/mol. The smallest absolute Gasteiger partial charge is 0.411 e. The molecule has 0 aromatic carbocycles. The van der Waals surface area contributed by atoms with Gasteiger partial charge in [0.1, 0.15) is 11.9 Å². The largest absolute Gasteiger partial charge is 0.430 e. The van der Waals surface area contributed by atoms with Crippen molar-refractivity contribution in [1.82, 2.24) is 14.7 Å². The van der Waals surface area contributed by atoms with Gasteiger partial charge in [0.2, 0.25) is 0 Å². The number of terminal acetylenes is 1. The molecule has 0 spiro atoms. The molecule has 0 bridgehead atoms. The minimum Gasteiger partial charge on any atom is -0.430 e. The van der Waals surface area contributed by atoms with Gasteiger partial charge in [0.25, 0.3) is 0 Å². The van der Waals surface area contributed by atoms with Gasteiger partial charge in [0.15, 0.2) is 5.60 Å². The standard InChI is InChI=1S/C14H18N4O4/c1-5-14(3,4)22-13(19)16-7-6-11(8-16)17-9-12(18(20)21)10(2)15-17/h1,9,11H,6-8H2,2-4H3. The van der Waals surface area contributed by atoms with Crippen LogP contribution < -0.4 is 0 Å². The average molecular weight is 306 g/mol. The van der Waals surface area contributed by atoms with Gasteiger partial charge in [-0.25, -0.2) is 4.79 Å². The number of nitrogens with zero attached hydrogens (tertiary/aromatic N) is 4.